The molecule has 19 heavy (non-hydrogen) atoms. The third-order valence-corrected chi connectivity index (χ3v) is 2.61. The van der Waals surface area contributed by atoms with Crippen molar-refractivity contribution in [1.82, 2.24) is 15.1 Å². The van der Waals surface area contributed by atoms with Gasteiger partial charge in [-0.05, 0) is 12.1 Å². The molecule has 1 aromatic heterocycles. The molecule has 0 aliphatic heterocycles. The zero-order valence-electron chi connectivity index (χ0n) is 10.3. The Morgan fingerprint density at radius 2 is 2.05 bits per heavy atom. The van der Waals surface area contributed by atoms with E-state index in [0.29, 0.717) is 5.56 Å². The van der Waals surface area contributed by atoms with Gasteiger partial charge in [0, 0.05) is 25.2 Å². The second kappa shape index (κ2) is 5.43. The lowest BCUT2D eigenvalue weighted by molar-refractivity contribution is 0.0776. The molecule has 0 saturated carbocycles. The molecule has 0 fully saturated rings. The van der Waals surface area contributed by atoms with Crippen molar-refractivity contribution in [2.24, 2.45) is 0 Å². The Bertz CT molecular complexity index is 634. The average molecular weight is 261 g/mol. The van der Waals surface area contributed by atoms with Gasteiger partial charge in [-0.25, -0.2) is 9.49 Å². The summed E-state index contributed by atoms with van der Waals surface area (Å²) in [7, 11) is 1.54. The number of halogens is 1. The lowest BCUT2D eigenvalue weighted by Gasteiger charge is -2.16. The van der Waals surface area contributed by atoms with E-state index in [1.54, 1.807) is 25.2 Å². The van der Waals surface area contributed by atoms with Gasteiger partial charge in [-0.3, -0.25) is 9.59 Å². The number of carbonyl (C=O) groups excluding carboxylic acids is 1. The summed E-state index contributed by atoms with van der Waals surface area (Å²) in [5, 5.41) is 5.82. The minimum absolute atomic E-state index is 0.110. The fourth-order valence-electron chi connectivity index (χ4n) is 1.61. The van der Waals surface area contributed by atoms with Gasteiger partial charge in [0.15, 0.2) is 0 Å². The predicted octanol–water partition coefficient (Wildman–Crippen LogP) is 1.18. The van der Waals surface area contributed by atoms with Crippen LogP contribution in [0, 0.1) is 5.82 Å². The quantitative estimate of drug-likeness (QED) is 0.902. The van der Waals surface area contributed by atoms with Gasteiger partial charge in [-0.1, -0.05) is 18.2 Å². The first-order valence-corrected chi connectivity index (χ1v) is 5.62. The van der Waals surface area contributed by atoms with E-state index in [9.17, 15) is 14.0 Å². The molecule has 0 atom stereocenters. The predicted molar refractivity (Wildman–Crippen MR) is 67.1 cm³/mol. The zero-order valence-corrected chi connectivity index (χ0v) is 10.3. The first-order chi connectivity index (χ1) is 9.08. The van der Waals surface area contributed by atoms with Crippen molar-refractivity contribution in [2.75, 3.05) is 7.05 Å². The molecule has 98 valence electrons. The molecule has 5 nitrogen and oxygen atoms in total. The van der Waals surface area contributed by atoms with Gasteiger partial charge in [0.2, 0.25) is 0 Å². The lowest BCUT2D eigenvalue weighted by Crippen LogP contribution is -2.28. The number of amides is 1. The molecule has 1 aromatic carbocycles. The van der Waals surface area contributed by atoms with Gasteiger partial charge in [0.25, 0.3) is 11.5 Å². The van der Waals surface area contributed by atoms with Gasteiger partial charge < -0.3 is 4.90 Å². The number of nitrogens with one attached hydrogen (secondary N) is 1. The molecule has 0 bridgehead atoms. The molecule has 1 amide bonds. The maximum atomic E-state index is 13.5. The number of benzene rings is 1. The van der Waals surface area contributed by atoms with Crippen molar-refractivity contribution in [2.45, 2.75) is 6.54 Å². The van der Waals surface area contributed by atoms with E-state index in [2.05, 4.69) is 10.2 Å². The van der Waals surface area contributed by atoms with E-state index in [-0.39, 0.29) is 29.5 Å². The standard InChI is InChI=1S/C13H12FN3O2/c1-17(8-9-4-2-3-5-10(9)14)13(19)11-6-7-12(18)16-15-11/h2-7H,8H2,1H3,(H,16,18). The fraction of sp³-hybridized carbons (Fsp3) is 0.154. The van der Waals surface area contributed by atoms with Crippen LogP contribution in [0.1, 0.15) is 16.1 Å². The van der Waals surface area contributed by atoms with Crippen molar-refractivity contribution in [1.29, 1.82) is 0 Å². The Morgan fingerprint density at radius 3 is 2.68 bits per heavy atom. The van der Waals surface area contributed by atoms with E-state index in [1.807, 2.05) is 0 Å². The van der Waals surface area contributed by atoms with Gasteiger partial charge in [0.1, 0.15) is 11.5 Å². The van der Waals surface area contributed by atoms with Crippen molar-refractivity contribution >= 4 is 5.91 Å². The zero-order chi connectivity index (χ0) is 13.8. The van der Waals surface area contributed by atoms with E-state index in [4.69, 9.17) is 0 Å². The lowest BCUT2D eigenvalue weighted by atomic mass is 10.2. The molecule has 2 aromatic rings. The Labute approximate surface area is 108 Å². The van der Waals surface area contributed by atoms with Crippen LogP contribution in [-0.4, -0.2) is 28.1 Å². The minimum atomic E-state index is -0.389. The highest BCUT2D eigenvalue weighted by atomic mass is 19.1. The van der Waals surface area contributed by atoms with E-state index in [1.165, 1.54) is 23.1 Å². The molecule has 0 spiro atoms. The molecule has 6 heteroatoms. The Kier molecular flexibility index (Phi) is 3.70. The molecule has 1 heterocycles. The summed E-state index contributed by atoms with van der Waals surface area (Å²) in [6.45, 7) is 0.131. The first-order valence-electron chi connectivity index (χ1n) is 5.62. The van der Waals surface area contributed by atoms with Crippen LogP contribution >= 0.6 is 0 Å². The Morgan fingerprint density at radius 1 is 1.32 bits per heavy atom. The normalized spacial score (nSPS) is 10.2. The number of hydrogen-bond donors (Lipinski definition) is 1. The van der Waals surface area contributed by atoms with Crippen molar-refractivity contribution in [3.05, 3.63) is 63.8 Å². The summed E-state index contributed by atoms with van der Waals surface area (Å²) < 4.78 is 13.5. The second-order valence-corrected chi connectivity index (χ2v) is 4.06. The number of hydrogen-bond acceptors (Lipinski definition) is 3. The van der Waals surface area contributed by atoms with Crippen LogP contribution in [0.4, 0.5) is 4.39 Å². The summed E-state index contributed by atoms with van der Waals surface area (Å²) in [6.07, 6.45) is 0. The third kappa shape index (κ3) is 3.04. The highest BCUT2D eigenvalue weighted by molar-refractivity contribution is 5.91. The number of aromatic nitrogens is 2. The Balaban J connectivity index is 2.14. The monoisotopic (exact) mass is 261 g/mol. The summed E-state index contributed by atoms with van der Waals surface area (Å²) in [5.74, 6) is -0.754. The number of rotatable bonds is 3. The average Bonchev–Trinajstić information content (AvgIpc) is 2.41. The van der Waals surface area contributed by atoms with Gasteiger partial charge in [0.05, 0.1) is 0 Å². The van der Waals surface area contributed by atoms with E-state index in [0.717, 1.165) is 0 Å². The van der Waals surface area contributed by atoms with Gasteiger partial charge in [-0.2, -0.15) is 5.10 Å². The molecule has 1 N–H and O–H groups in total. The molecule has 0 aliphatic carbocycles. The van der Waals surface area contributed by atoms with Crippen LogP contribution in [0.3, 0.4) is 0 Å². The first kappa shape index (κ1) is 12.9. The summed E-state index contributed by atoms with van der Waals surface area (Å²) in [4.78, 5) is 24.2. The molecular weight excluding hydrogens is 249 g/mol. The molecule has 2 rings (SSSR count). The van der Waals surface area contributed by atoms with Crippen LogP contribution in [0.5, 0.6) is 0 Å². The molecule has 0 unspecified atom stereocenters. The van der Waals surface area contributed by atoms with Crippen LogP contribution in [0.2, 0.25) is 0 Å². The van der Waals surface area contributed by atoms with Crippen molar-refractivity contribution in [3.8, 4) is 0 Å². The topological polar surface area (TPSA) is 66.1 Å². The van der Waals surface area contributed by atoms with Crippen LogP contribution < -0.4 is 5.56 Å². The van der Waals surface area contributed by atoms with Crippen LogP contribution in [0.15, 0.2) is 41.2 Å². The van der Waals surface area contributed by atoms with Crippen molar-refractivity contribution < 1.29 is 9.18 Å². The van der Waals surface area contributed by atoms with E-state index < -0.39 is 0 Å². The fourth-order valence-corrected chi connectivity index (χ4v) is 1.61. The maximum Gasteiger partial charge on any atom is 0.274 e. The minimum Gasteiger partial charge on any atom is -0.336 e. The van der Waals surface area contributed by atoms with Crippen molar-refractivity contribution in [3.63, 3.8) is 0 Å². The Hall–Kier alpha value is -2.50. The largest absolute Gasteiger partial charge is 0.336 e. The second-order valence-electron chi connectivity index (χ2n) is 4.06. The molecular formula is C13H12FN3O2. The molecule has 0 saturated heterocycles. The third-order valence-electron chi connectivity index (χ3n) is 2.61. The summed E-state index contributed by atoms with van der Waals surface area (Å²) in [6, 6.07) is 8.79. The highest BCUT2D eigenvalue weighted by Crippen LogP contribution is 2.10. The summed E-state index contributed by atoms with van der Waals surface area (Å²) >= 11 is 0. The number of aromatic amines is 1. The van der Waals surface area contributed by atoms with Crippen LogP contribution in [-0.2, 0) is 6.54 Å². The van der Waals surface area contributed by atoms with Gasteiger partial charge in [-0.15, -0.1) is 0 Å². The van der Waals surface area contributed by atoms with Gasteiger partial charge >= 0.3 is 0 Å². The molecule has 0 radical (unpaired) electrons. The SMILES string of the molecule is CN(Cc1ccccc1F)C(=O)c1ccc(=O)[nH]n1. The highest BCUT2D eigenvalue weighted by Gasteiger charge is 2.14. The smallest absolute Gasteiger partial charge is 0.274 e. The number of nitrogens with zero attached hydrogens (tertiary/aromatic N) is 2. The molecule has 0 aliphatic rings. The summed E-state index contributed by atoms with van der Waals surface area (Å²) in [5.41, 5.74) is 0.148. The van der Waals surface area contributed by atoms with Crippen LogP contribution in [0.25, 0.3) is 0 Å². The number of H-pyrrole nitrogens is 1. The number of carbonyl (C=O) groups is 1. The maximum absolute atomic E-state index is 13.5. The van der Waals surface area contributed by atoms with E-state index >= 15 is 0 Å².